The van der Waals surface area contributed by atoms with E-state index in [1.807, 2.05) is 0 Å². The lowest BCUT2D eigenvalue weighted by molar-refractivity contribution is -0.384. The monoisotopic (exact) mass is 1020 g/mol. The first kappa shape index (κ1) is 50.5. The smallest absolute Gasteiger partial charge is 0.297 e. The second kappa shape index (κ2) is 20.0. The van der Waals surface area contributed by atoms with E-state index in [1.165, 1.54) is 49.6 Å². The van der Waals surface area contributed by atoms with Crippen LogP contribution in [0.15, 0.2) is 71.8 Å². The van der Waals surface area contributed by atoms with E-state index in [4.69, 9.17) is 18.9 Å². The third-order valence-electron chi connectivity index (χ3n) is 16.3. The van der Waals surface area contributed by atoms with Gasteiger partial charge >= 0.3 is 0 Å². The number of amides is 1. The zero-order valence-corrected chi connectivity index (χ0v) is 42.9. The molecular formula is C54H66FN7O10S. The number of carbonyl (C=O) groups is 1. The molecule has 1 spiro atoms. The van der Waals surface area contributed by atoms with Gasteiger partial charge in [0.1, 0.15) is 30.4 Å². The van der Waals surface area contributed by atoms with Crippen LogP contribution in [-0.4, -0.2) is 110 Å². The summed E-state index contributed by atoms with van der Waals surface area (Å²) in [7, 11) is -3.25. The molecule has 5 aromatic rings. The number of likely N-dealkylation sites (tertiary alicyclic amines) is 1. The van der Waals surface area contributed by atoms with Crippen molar-refractivity contribution in [2.75, 3.05) is 56.7 Å². The number of aliphatic hydroxyl groups is 1. The zero-order chi connectivity index (χ0) is 51.4. The maximum absolute atomic E-state index is 15.1. The number of carbonyl (C=O) groups excluding carboxylic acids is 1. The molecule has 17 nitrogen and oxygen atoms in total. The van der Waals surface area contributed by atoms with E-state index < -0.39 is 42.9 Å². The van der Waals surface area contributed by atoms with E-state index in [9.17, 15) is 28.4 Å². The Morgan fingerprint density at radius 1 is 1.03 bits per heavy atom. The van der Waals surface area contributed by atoms with E-state index in [-0.39, 0.29) is 82.1 Å². The van der Waals surface area contributed by atoms with Gasteiger partial charge in [0.05, 0.1) is 38.5 Å². The summed E-state index contributed by atoms with van der Waals surface area (Å²) in [5.41, 5.74) is 2.60. The first-order valence-electron chi connectivity index (χ1n) is 25.6. The molecule has 1 amide bonds. The Balaban J connectivity index is 0.904. The second-order valence-corrected chi connectivity index (χ2v) is 23.3. The first-order chi connectivity index (χ1) is 34.9. The molecule has 390 valence electrons. The average molecular weight is 1020 g/mol. The largest absolute Gasteiger partial charge is 0.489 e. The van der Waals surface area contributed by atoms with E-state index >= 15 is 4.39 Å². The topological polar surface area (TPSA) is 211 Å². The Kier molecular flexibility index (Phi) is 13.8. The number of rotatable bonds is 15. The third kappa shape index (κ3) is 10.3. The molecule has 2 aromatic heterocycles. The molecule has 4 atom stereocenters. The van der Waals surface area contributed by atoms with E-state index in [1.54, 1.807) is 26.0 Å². The number of benzene rings is 3. The van der Waals surface area contributed by atoms with Gasteiger partial charge in [-0.25, -0.2) is 17.5 Å². The molecule has 2 aliphatic carbocycles. The number of nitro benzene ring substituents is 1. The summed E-state index contributed by atoms with van der Waals surface area (Å²) in [6.07, 6.45) is 8.87. The van der Waals surface area contributed by atoms with Crippen LogP contribution < -0.4 is 29.1 Å². The lowest BCUT2D eigenvalue weighted by Crippen LogP contribution is -2.63. The zero-order valence-electron chi connectivity index (χ0n) is 42.1. The van der Waals surface area contributed by atoms with Crippen LogP contribution in [0.4, 0.5) is 21.5 Å². The highest BCUT2D eigenvalue weighted by molar-refractivity contribution is 7.90. The predicted octanol–water partition coefficient (Wildman–Crippen LogP) is 9.41. The molecule has 2 saturated carbocycles. The molecule has 4 fully saturated rings. The van der Waals surface area contributed by atoms with Gasteiger partial charge < -0.3 is 39.3 Å². The molecule has 3 aromatic carbocycles. The Labute approximate surface area is 425 Å². The van der Waals surface area contributed by atoms with Gasteiger partial charge in [0.2, 0.25) is 0 Å². The van der Waals surface area contributed by atoms with Crippen molar-refractivity contribution in [3.8, 4) is 23.1 Å². The van der Waals surface area contributed by atoms with Gasteiger partial charge in [-0.05, 0) is 112 Å². The van der Waals surface area contributed by atoms with Crippen molar-refractivity contribution in [1.82, 2.24) is 19.6 Å². The number of sulfonamides is 1. The van der Waals surface area contributed by atoms with E-state index in [0.717, 1.165) is 63.0 Å². The van der Waals surface area contributed by atoms with Gasteiger partial charge in [-0.3, -0.25) is 19.8 Å². The van der Waals surface area contributed by atoms with Crippen molar-refractivity contribution in [2.24, 2.45) is 11.3 Å². The molecule has 4 N–H and O–H groups in total. The summed E-state index contributed by atoms with van der Waals surface area (Å²) in [6, 6.07) is 17.5. The van der Waals surface area contributed by atoms with Crippen molar-refractivity contribution < 1.29 is 46.6 Å². The molecular weight excluding hydrogens is 958 g/mol. The number of piperidine rings is 1. The number of anilines is 2. The van der Waals surface area contributed by atoms with Gasteiger partial charge in [-0.15, -0.1) is 0 Å². The third-order valence-corrected chi connectivity index (χ3v) is 17.6. The molecule has 0 bridgehead atoms. The maximum atomic E-state index is 15.1. The van der Waals surface area contributed by atoms with Crippen LogP contribution in [-0.2, 0) is 14.8 Å². The number of nitro groups is 1. The number of pyridine rings is 1. The molecule has 73 heavy (non-hydrogen) atoms. The van der Waals surface area contributed by atoms with Crippen molar-refractivity contribution in [3.05, 3.63) is 99.5 Å². The number of nitrogens with one attached hydrogen (secondary N) is 3. The van der Waals surface area contributed by atoms with Gasteiger partial charge in [0, 0.05) is 75.5 Å². The molecule has 19 heteroatoms. The van der Waals surface area contributed by atoms with Crippen molar-refractivity contribution in [1.29, 1.82) is 0 Å². The number of methoxy groups -OCH3 is 1. The van der Waals surface area contributed by atoms with Crippen LogP contribution in [0, 0.1) is 27.3 Å². The number of aromatic nitrogens is 2. The number of hydrogen-bond donors (Lipinski definition) is 4. The molecule has 2 saturated heterocycles. The summed E-state index contributed by atoms with van der Waals surface area (Å²) in [6.45, 7) is 11.9. The van der Waals surface area contributed by atoms with Crippen LogP contribution in [0.1, 0.15) is 119 Å². The van der Waals surface area contributed by atoms with Gasteiger partial charge in [0.25, 0.3) is 27.5 Å². The highest BCUT2D eigenvalue weighted by Crippen LogP contribution is 2.50. The van der Waals surface area contributed by atoms with Gasteiger partial charge in [-0.2, -0.15) is 4.98 Å². The number of hydrogen-bond acceptors (Lipinski definition) is 14. The highest BCUT2D eigenvalue weighted by atomic mass is 32.2. The second-order valence-electron chi connectivity index (χ2n) is 21.6. The maximum Gasteiger partial charge on any atom is 0.297 e. The fourth-order valence-electron chi connectivity index (χ4n) is 11.9. The quantitative estimate of drug-likeness (QED) is 0.0569. The van der Waals surface area contributed by atoms with Gasteiger partial charge in [0.15, 0.2) is 17.2 Å². The minimum atomic E-state index is -4.78. The van der Waals surface area contributed by atoms with E-state index in [2.05, 4.69) is 67.9 Å². The summed E-state index contributed by atoms with van der Waals surface area (Å²) in [5, 5.41) is 26.3. The number of halogens is 1. The average Bonchev–Trinajstić information content (AvgIpc) is 4.00. The number of aromatic amines is 1. The Hall–Kier alpha value is -6.02. The first-order valence-corrected chi connectivity index (χ1v) is 27.1. The molecule has 1 unspecified atom stereocenters. The fraction of sp³-hybridized carbons (Fsp3) is 0.519. The molecule has 10 rings (SSSR count). The Bertz CT molecular complexity index is 2990. The molecule has 5 aliphatic rings. The SMILES string of the molecule is CO[C@H](C)COc1nc2[nH]cc(F)c2cc1Oc1cc(N2CCC3(CC2)CN(C2CCC[C@H]2c2ccccc2C(C)C)C3)ccc1C(=O)NS(=O)(=O)c1cc2c(c([N+](=O)[O-])c1)N[C@@H](C1CCC(C)(O)CC1)CO2. The van der Waals surface area contributed by atoms with Crippen LogP contribution >= 0.6 is 0 Å². The predicted molar refractivity (Wildman–Crippen MR) is 274 cm³/mol. The number of fused-ring (bicyclic) bond motifs is 2. The molecule has 0 radical (unpaired) electrons. The fourth-order valence-corrected chi connectivity index (χ4v) is 12.9. The summed E-state index contributed by atoms with van der Waals surface area (Å²) >= 11 is 0. The minimum Gasteiger partial charge on any atom is -0.489 e. The number of nitrogens with zero attached hydrogens (tertiary/aromatic N) is 4. The minimum absolute atomic E-state index is 0.0261. The normalized spacial score (nSPS) is 24.4. The molecule has 3 aliphatic heterocycles. The molecule has 5 heterocycles. The lowest BCUT2D eigenvalue weighted by Gasteiger charge is -2.57. The Morgan fingerprint density at radius 3 is 2.51 bits per heavy atom. The van der Waals surface area contributed by atoms with Crippen molar-refractivity contribution >= 4 is 44.0 Å². The number of H-pyrrole nitrogens is 1. The van der Waals surface area contributed by atoms with Crippen LogP contribution in [0.2, 0.25) is 0 Å². The van der Waals surface area contributed by atoms with Crippen molar-refractivity contribution in [3.63, 3.8) is 0 Å². The van der Waals surface area contributed by atoms with Crippen LogP contribution in [0.5, 0.6) is 23.1 Å². The summed E-state index contributed by atoms with van der Waals surface area (Å²) in [5.74, 6) is -0.777. The summed E-state index contributed by atoms with van der Waals surface area (Å²) < 4.78 is 69.4. The lowest BCUT2D eigenvalue weighted by atomic mass is 9.70. The standard InChI is InChI=1S/C54H66FN7O10S/c1-32(2)37-9-6-7-10-38(37)39-11-8-12-44(39)61-30-54(31-61)19-21-60(22-20-54)35-13-14-40(46(23-35)72-48-26-41-42(55)27-56-50(41)58-52(48)71-28-33(3)69-5)51(63)59-73(67,68)36-24-45(62(65)66)49-47(25-36)70-29-43(57-49)34-15-17-53(4,64)18-16-34/h6-7,9-10,13-14,23-27,32-34,39,43-44,57,64H,8,11-12,15-22,28-31H2,1-5H3,(H,56,58)(H,59,63)/t33-,34?,39+,43-,44?,53?/m1/s1. The van der Waals surface area contributed by atoms with Gasteiger partial charge in [-0.1, -0.05) is 44.5 Å². The van der Waals surface area contributed by atoms with Crippen LogP contribution in [0.25, 0.3) is 11.0 Å². The van der Waals surface area contributed by atoms with Crippen molar-refractivity contribution in [2.45, 2.75) is 126 Å². The Morgan fingerprint density at radius 2 is 1.78 bits per heavy atom. The van der Waals surface area contributed by atoms with E-state index in [0.29, 0.717) is 43.6 Å². The highest BCUT2D eigenvalue weighted by Gasteiger charge is 2.49. The van der Waals surface area contributed by atoms with Crippen LogP contribution in [0.3, 0.4) is 0 Å². The number of ether oxygens (including phenoxy) is 4. The summed E-state index contributed by atoms with van der Waals surface area (Å²) in [4.78, 5) is 37.8.